The van der Waals surface area contributed by atoms with Gasteiger partial charge in [0.15, 0.2) is 18.4 Å². The van der Waals surface area contributed by atoms with E-state index in [1.165, 1.54) is 5.57 Å². The molecular formula is C46H75NO10. The van der Waals surface area contributed by atoms with Crippen molar-refractivity contribution in [2.45, 2.75) is 186 Å². The topological polar surface area (TPSA) is 111 Å². The van der Waals surface area contributed by atoms with E-state index >= 15 is 0 Å². The minimum atomic E-state index is -0.590. The molecule has 1 unspecified atom stereocenters. The van der Waals surface area contributed by atoms with E-state index in [9.17, 15) is 9.59 Å². The van der Waals surface area contributed by atoms with Crippen molar-refractivity contribution in [2.24, 2.45) is 35.5 Å². The van der Waals surface area contributed by atoms with E-state index in [4.69, 9.17) is 37.9 Å². The molecule has 0 aromatic rings. The summed E-state index contributed by atoms with van der Waals surface area (Å²) >= 11 is 0. The lowest BCUT2D eigenvalue weighted by Gasteiger charge is -2.44. The molecule has 0 bridgehead atoms. The summed E-state index contributed by atoms with van der Waals surface area (Å²) in [7, 11) is 7.58. The van der Waals surface area contributed by atoms with E-state index in [-0.39, 0.29) is 90.9 Å². The number of carbonyl (C=O) groups is 2. The van der Waals surface area contributed by atoms with Crippen LogP contribution in [0.4, 0.5) is 0 Å². The Balaban J connectivity index is 1.18. The van der Waals surface area contributed by atoms with Crippen LogP contribution in [0, 0.1) is 35.5 Å². The molecule has 11 nitrogen and oxygen atoms in total. The van der Waals surface area contributed by atoms with Crippen molar-refractivity contribution in [3.8, 4) is 0 Å². The van der Waals surface area contributed by atoms with Gasteiger partial charge >= 0.3 is 5.97 Å². The maximum absolute atomic E-state index is 14.8. The van der Waals surface area contributed by atoms with Gasteiger partial charge in [0.1, 0.15) is 24.4 Å². The first-order valence-corrected chi connectivity index (χ1v) is 22.4. The van der Waals surface area contributed by atoms with Crippen LogP contribution in [0.3, 0.4) is 0 Å². The fourth-order valence-electron chi connectivity index (χ4n) is 11.4. The molecule has 3 saturated heterocycles. The summed E-state index contributed by atoms with van der Waals surface area (Å²) in [6.07, 6.45) is 11.6. The van der Waals surface area contributed by atoms with Crippen LogP contribution in [0.1, 0.15) is 119 Å². The number of ketones is 1. The number of esters is 1. The van der Waals surface area contributed by atoms with Crippen LogP contribution < -0.4 is 0 Å². The standard InChI is InChI=1S/C46H75NO10/c1-11-31-15-12-16-39(57-41-20-19-38(47(7)8)28(5)53-41)27(4)42(49)37-24-35-33(36(37)25-40(48)55-31)18-17-30-22-32(23-34(30)35)56-46-45(51-10)44(43(50-9)29(6)54-46)52-21-13-14-26(2)3/h14,24,27-36,38-39,41,43-46H,11-13,15-23,25H2,1-10H3/t27-,28-,29+,30-,31+,32-,33?,34-,35-,36+,38+,39+,41+,43+,44-,45-,46+/m1/s1. The first-order valence-electron chi connectivity index (χ1n) is 22.4. The summed E-state index contributed by atoms with van der Waals surface area (Å²) in [6, 6.07) is 0.342. The Hall–Kier alpha value is -1.70. The van der Waals surface area contributed by atoms with Crippen molar-refractivity contribution in [2.75, 3.05) is 34.9 Å². The highest BCUT2D eigenvalue weighted by molar-refractivity contribution is 5.99. The monoisotopic (exact) mass is 802 g/mol. The molecule has 3 aliphatic heterocycles. The third kappa shape index (κ3) is 10.4. The van der Waals surface area contributed by atoms with Crippen LogP contribution in [0.25, 0.3) is 0 Å². The van der Waals surface area contributed by atoms with Gasteiger partial charge in [-0.25, -0.2) is 0 Å². The van der Waals surface area contributed by atoms with Gasteiger partial charge < -0.3 is 42.8 Å². The van der Waals surface area contributed by atoms with Crippen molar-refractivity contribution >= 4 is 11.8 Å². The highest BCUT2D eigenvalue weighted by atomic mass is 16.7. The van der Waals surface area contributed by atoms with E-state index in [0.29, 0.717) is 24.5 Å². The van der Waals surface area contributed by atoms with Gasteiger partial charge in [0.25, 0.3) is 0 Å². The largest absolute Gasteiger partial charge is 0.462 e. The van der Waals surface area contributed by atoms with E-state index in [1.807, 2.05) is 13.8 Å². The number of ether oxygens (including phenoxy) is 8. The highest BCUT2D eigenvalue weighted by Crippen LogP contribution is 2.57. The average molecular weight is 802 g/mol. The Morgan fingerprint density at radius 2 is 1.65 bits per heavy atom. The summed E-state index contributed by atoms with van der Waals surface area (Å²) < 4.78 is 51.0. The lowest BCUT2D eigenvalue weighted by Crippen LogP contribution is -2.60. The maximum atomic E-state index is 14.8. The van der Waals surface area contributed by atoms with Gasteiger partial charge in [0, 0.05) is 32.1 Å². The molecule has 57 heavy (non-hydrogen) atoms. The van der Waals surface area contributed by atoms with Gasteiger partial charge in [0.2, 0.25) is 0 Å². The highest BCUT2D eigenvalue weighted by Gasteiger charge is 2.54. The van der Waals surface area contributed by atoms with Gasteiger partial charge in [-0.3, -0.25) is 9.59 Å². The number of likely N-dealkylation sites (N-methyl/N-ethyl adjacent to an activating group) is 1. The van der Waals surface area contributed by atoms with Crippen molar-refractivity contribution in [3.63, 3.8) is 0 Å². The second kappa shape index (κ2) is 20.2. The molecule has 6 aliphatic rings. The van der Waals surface area contributed by atoms with Crippen LogP contribution in [0.2, 0.25) is 0 Å². The molecule has 324 valence electrons. The Labute approximate surface area is 343 Å². The molecule has 2 saturated carbocycles. The van der Waals surface area contributed by atoms with Crippen LogP contribution >= 0.6 is 0 Å². The Morgan fingerprint density at radius 3 is 2.33 bits per heavy atom. The molecule has 0 N–H and O–H groups in total. The number of cyclic esters (lactones) is 1. The predicted octanol–water partition coefficient (Wildman–Crippen LogP) is 7.44. The first kappa shape index (κ1) is 44.8. The van der Waals surface area contributed by atoms with E-state index < -0.39 is 12.4 Å². The minimum absolute atomic E-state index is 0.0170. The fraction of sp³-hybridized carbons (Fsp3) is 0.870. The lowest BCUT2D eigenvalue weighted by molar-refractivity contribution is -0.317. The maximum Gasteiger partial charge on any atom is 0.306 e. The zero-order valence-electron chi connectivity index (χ0n) is 36.7. The third-order valence-corrected chi connectivity index (χ3v) is 14.4. The van der Waals surface area contributed by atoms with Crippen molar-refractivity contribution in [1.82, 2.24) is 4.90 Å². The molecule has 0 amide bonds. The summed E-state index contributed by atoms with van der Waals surface area (Å²) in [5.74, 6) is 0.679. The van der Waals surface area contributed by atoms with Crippen molar-refractivity contribution < 1.29 is 47.5 Å². The number of Topliss-reactive ketones (excluding diaryl/α,β-unsaturated/α-hetero) is 1. The Morgan fingerprint density at radius 1 is 0.877 bits per heavy atom. The summed E-state index contributed by atoms with van der Waals surface area (Å²) in [5, 5.41) is 0. The second-order valence-electron chi connectivity index (χ2n) is 18.6. The molecule has 3 heterocycles. The molecule has 0 aromatic carbocycles. The van der Waals surface area contributed by atoms with E-state index in [2.05, 4.69) is 58.8 Å². The lowest BCUT2D eigenvalue weighted by atomic mass is 9.66. The molecule has 11 heteroatoms. The molecule has 0 radical (unpaired) electrons. The zero-order chi connectivity index (χ0) is 41.0. The number of rotatable bonds is 12. The SMILES string of the molecule is CC[C@H]1CCC[C@H](O[C@H]2CC[C@H](N(C)C)[C@@H](C)O2)[C@@H](C)C(=O)C2=C[C@@H]3C(CC[C@@H]4C[C@@H](O[C@@H]5O[C@@H](C)[C@H](OC)[C@@H](OCCC=C(C)C)[C@H]5OC)C[C@H]43)[C@@H]2CC(=O)O1. The van der Waals surface area contributed by atoms with Gasteiger partial charge in [-0.15, -0.1) is 0 Å². The third-order valence-electron chi connectivity index (χ3n) is 14.4. The molecule has 6 rings (SSSR count). The van der Waals surface area contributed by atoms with Crippen LogP contribution in [-0.2, 0) is 47.5 Å². The molecule has 17 atom stereocenters. The molecule has 3 aliphatic carbocycles. The van der Waals surface area contributed by atoms with Gasteiger partial charge in [-0.05, 0) is 142 Å². The molecular weight excluding hydrogens is 727 g/mol. The summed E-state index contributed by atoms with van der Waals surface area (Å²) in [6.45, 7) is 13.0. The molecule has 5 fully saturated rings. The molecule has 0 aromatic heterocycles. The van der Waals surface area contributed by atoms with E-state index in [1.54, 1.807) is 14.2 Å². The molecule has 0 spiro atoms. The van der Waals surface area contributed by atoms with Crippen LogP contribution in [-0.4, -0.2) is 119 Å². The van der Waals surface area contributed by atoms with Gasteiger partial charge in [0.05, 0.1) is 37.4 Å². The van der Waals surface area contributed by atoms with Crippen LogP contribution in [0.5, 0.6) is 0 Å². The first-order chi connectivity index (χ1) is 27.3. The van der Waals surface area contributed by atoms with Gasteiger partial charge in [-0.1, -0.05) is 31.6 Å². The number of allylic oxidation sites excluding steroid dienone is 3. The smallest absolute Gasteiger partial charge is 0.306 e. The quantitative estimate of drug-likeness (QED) is 0.112. The number of hydrogen-bond acceptors (Lipinski definition) is 11. The number of fused-ring (bicyclic) bond motifs is 5. The van der Waals surface area contributed by atoms with Crippen molar-refractivity contribution in [1.29, 1.82) is 0 Å². The normalized spacial score (nSPS) is 42.9. The summed E-state index contributed by atoms with van der Waals surface area (Å²) in [5.41, 5.74) is 2.08. The Bertz CT molecular complexity index is 1400. The van der Waals surface area contributed by atoms with Gasteiger partial charge in [-0.2, -0.15) is 0 Å². The predicted molar refractivity (Wildman–Crippen MR) is 217 cm³/mol. The fourth-order valence-corrected chi connectivity index (χ4v) is 11.4. The Kier molecular flexibility index (Phi) is 15.9. The summed E-state index contributed by atoms with van der Waals surface area (Å²) in [4.78, 5) is 30.6. The second-order valence-corrected chi connectivity index (χ2v) is 18.6. The van der Waals surface area contributed by atoms with E-state index in [0.717, 1.165) is 76.2 Å². The number of nitrogens with zero attached hydrogens (tertiary/aromatic N) is 1. The number of hydrogen-bond donors (Lipinski definition) is 0. The number of carbonyl (C=O) groups excluding carboxylic acids is 2. The average Bonchev–Trinajstić information content (AvgIpc) is 3.75. The minimum Gasteiger partial charge on any atom is -0.462 e. The van der Waals surface area contributed by atoms with Crippen LogP contribution in [0.15, 0.2) is 23.3 Å². The zero-order valence-corrected chi connectivity index (χ0v) is 36.7. The number of methoxy groups -OCH3 is 2. The van der Waals surface area contributed by atoms with Crippen molar-refractivity contribution in [3.05, 3.63) is 23.3 Å².